The van der Waals surface area contributed by atoms with E-state index < -0.39 is 10.9 Å². The molecule has 0 aliphatic carbocycles. The minimum Gasteiger partial charge on any atom is -0.478 e. The van der Waals surface area contributed by atoms with Gasteiger partial charge in [0.25, 0.3) is 5.69 Å². The third kappa shape index (κ3) is 3.57. The molecular formula is C12H14N2O4S2. The van der Waals surface area contributed by atoms with Crippen LogP contribution in [-0.2, 0) is 0 Å². The number of nitro groups is 1. The van der Waals surface area contributed by atoms with Gasteiger partial charge in [0.15, 0.2) is 0 Å². The Morgan fingerprint density at radius 2 is 2.30 bits per heavy atom. The number of hydrogen-bond donors (Lipinski definition) is 2. The summed E-state index contributed by atoms with van der Waals surface area (Å²) in [5.74, 6) is 1.98. The molecule has 1 fully saturated rings. The van der Waals surface area contributed by atoms with E-state index in [0.29, 0.717) is 11.8 Å². The summed E-state index contributed by atoms with van der Waals surface area (Å²) in [6, 6.07) is 4.08. The maximum Gasteiger partial charge on any atom is 0.338 e. The summed E-state index contributed by atoms with van der Waals surface area (Å²) >= 11 is 3.66. The molecule has 0 amide bonds. The minimum absolute atomic E-state index is 0.0623. The number of benzene rings is 1. The molecule has 1 heterocycles. The fourth-order valence-electron chi connectivity index (χ4n) is 1.93. The molecule has 20 heavy (non-hydrogen) atoms. The van der Waals surface area contributed by atoms with Crippen molar-refractivity contribution in [1.82, 2.24) is 0 Å². The maximum absolute atomic E-state index is 11.2. The standard InChI is InChI=1S/C12H14N2O4S2/c15-12(16)9-2-1-3-10(14(17)18)11(9)13-6-8-7-19-4-5-20-8/h1-3,8,13H,4-7H2,(H,15,16). The molecular weight excluding hydrogens is 300 g/mol. The van der Waals surface area contributed by atoms with Crippen LogP contribution in [-0.4, -0.2) is 45.1 Å². The van der Waals surface area contributed by atoms with Gasteiger partial charge < -0.3 is 10.4 Å². The van der Waals surface area contributed by atoms with Gasteiger partial charge in [-0.15, -0.1) is 0 Å². The highest BCUT2D eigenvalue weighted by molar-refractivity contribution is 8.06. The van der Waals surface area contributed by atoms with Crippen molar-refractivity contribution in [1.29, 1.82) is 0 Å². The van der Waals surface area contributed by atoms with Gasteiger partial charge in [0.2, 0.25) is 0 Å². The van der Waals surface area contributed by atoms with Crippen molar-refractivity contribution in [2.24, 2.45) is 0 Å². The number of carboxylic acids is 1. The van der Waals surface area contributed by atoms with Crippen LogP contribution in [0.2, 0.25) is 0 Å². The number of nitro benzene ring substituents is 1. The number of para-hydroxylation sites is 1. The minimum atomic E-state index is -1.16. The SMILES string of the molecule is O=C(O)c1cccc([N+](=O)[O-])c1NCC1CSCCS1. The Labute approximate surface area is 124 Å². The van der Waals surface area contributed by atoms with Crippen molar-refractivity contribution < 1.29 is 14.8 Å². The van der Waals surface area contributed by atoms with Crippen LogP contribution in [0.15, 0.2) is 18.2 Å². The number of rotatable bonds is 5. The largest absolute Gasteiger partial charge is 0.478 e. The summed E-state index contributed by atoms with van der Waals surface area (Å²) in [6.07, 6.45) is 0. The second-order valence-corrected chi connectivity index (χ2v) is 6.77. The Balaban J connectivity index is 2.19. The Hall–Kier alpha value is -1.41. The molecule has 108 valence electrons. The average molecular weight is 314 g/mol. The molecule has 0 saturated carbocycles. The third-order valence-electron chi connectivity index (χ3n) is 2.86. The molecule has 1 aromatic carbocycles. The Bertz CT molecular complexity index is 486. The van der Waals surface area contributed by atoms with Crippen LogP contribution < -0.4 is 5.32 Å². The predicted octanol–water partition coefficient (Wildman–Crippen LogP) is 2.55. The second-order valence-electron chi connectivity index (χ2n) is 4.21. The van der Waals surface area contributed by atoms with Crippen molar-refractivity contribution >= 4 is 40.9 Å². The van der Waals surface area contributed by atoms with Crippen molar-refractivity contribution in [2.45, 2.75) is 5.25 Å². The van der Waals surface area contributed by atoms with Crippen molar-refractivity contribution in [2.75, 3.05) is 29.1 Å². The first-order chi connectivity index (χ1) is 9.59. The highest BCUT2D eigenvalue weighted by Crippen LogP contribution is 2.30. The van der Waals surface area contributed by atoms with E-state index in [-0.39, 0.29) is 16.9 Å². The van der Waals surface area contributed by atoms with Gasteiger partial charge >= 0.3 is 5.97 Å². The molecule has 8 heteroatoms. The van der Waals surface area contributed by atoms with E-state index in [4.69, 9.17) is 5.11 Å². The third-order valence-corrected chi connectivity index (χ3v) is 5.71. The number of thioether (sulfide) groups is 2. The fourth-order valence-corrected chi connectivity index (χ4v) is 4.54. The van der Waals surface area contributed by atoms with Crippen LogP contribution in [0.3, 0.4) is 0 Å². The first-order valence-corrected chi connectivity index (χ1v) is 8.24. The molecule has 0 radical (unpaired) electrons. The summed E-state index contributed by atoms with van der Waals surface area (Å²) in [5.41, 5.74) is -0.160. The lowest BCUT2D eigenvalue weighted by Gasteiger charge is -2.22. The van der Waals surface area contributed by atoms with E-state index in [9.17, 15) is 14.9 Å². The van der Waals surface area contributed by atoms with Crippen molar-refractivity contribution in [3.05, 3.63) is 33.9 Å². The molecule has 1 aliphatic heterocycles. The summed E-state index contributed by atoms with van der Waals surface area (Å²) < 4.78 is 0. The van der Waals surface area contributed by atoms with Crippen LogP contribution in [0.25, 0.3) is 0 Å². The van der Waals surface area contributed by atoms with E-state index in [2.05, 4.69) is 5.32 Å². The molecule has 2 rings (SSSR count). The fraction of sp³-hybridized carbons (Fsp3) is 0.417. The molecule has 6 nitrogen and oxygen atoms in total. The van der Waals surface area contributed by atoms with Crippen LogP contribution in [0.1, 0.15) is 10.4 Å². The highest BCUT2D eigenvalue weighted by Gasteiger charge is 2.22. The first kappa shape index (κ1) is 15.0. The summed E-state index contributed by atoms with van der Waals surface area (Å²) in [4.78, 5) is 21.6. The van der Waals surface area contributed by atoms with E-state index in [1.54, 1.807) is 0 Å². The zero-order chi connectivity index (χ0) is 14.5. The van der Waals surface area contributed by atoms with Crippen molar-refractivity contribution in [3.8, 4) is 0 Å². The van der Waals surface area contributed by atoms with Gasteiger partial charge in [0.1, 0.15) is 5.69 Å². The molecule has 1 aromatic rings. The zero-order valence-corrected chi connectivity index (χ0v) is 12.2. The Kier molecular flexibility index (Phi) is 5.13. The van der Waals surface area contributed by atoms with E-state index in [1.165, 1.54) is 18.2 Å². The molecule has 0 spiro atoms. The van der Waals surface area contributed by atoms with Gasteiger partial charge in [-0.3, -0.25) is 10.1 Å². The van der Waals surface area contributed by atoms with Crippen LogP contribution in [0.5, 0.6) is 0 Å². The summed E-state index contributed by atoms with van der Waals surface area (Å²) in [6.45, 7) is 0.531. The van der Waals surface area contributed by atoms with E-state index >= 15 is 0 Å². The average Bonchev–Trinajstić information content (AvgIpc) is 2.45. The van der Waals surface area contributed by atoms with Gasteiger partial charge in [-0.2, -0.15) is 23.5 Å². The number of aromatic carboxylic acids is 1. The summed E-state index contributed by atoms with van der Waals surface area (Å²) in [7, 11) is 0. The number of nitrogens with zero attached hydrogens (tertiary/aromatic N) is 1. The monoisotopic (exact) mass is 314 g/mol. The van der Waals surface area contributed by atoms with Crippen LogP contribution in [0, 0.1) is 10.1 Å². The van der Waals surface area contributed by atoms with Crippen LogP contribution in [0.4, 0.5) is 11.4 Å². The molecule has 1 atom stereocenters. The second kappa shape index (κ2) is 6.85. The normalized spacial score (nSPS) is 18.5. The first-order valence-electron chi connectivity index (χ1n) is 6.03. The predicted molar refractivity (Wildman–Crippen MR) is 82.1 cm³/mol. The lowest BCUT2D eigenvalue weighted by molar-refractivity contribution is -0.384. The molecule has 0 bridgehead atoms. The van der Waals surface area contributed by atoms with Gasteiger partial charge in [0.05, 0.1) is 10.5 Å². The number of nitrogens with one attached hydrogen (secondary N) is 1. The number of hydrogen-bond acceptors (Lipinski definition) is 6. The smallest absolute Gasteiger partial charge is 0.338 e. The maximum atomic E-state index is 11.2. The van der Waals surface area contributed by atoms with Crippen molar-refractivity contribution in [3.63, 3.8) is 0 Å². The lowest BCUT2D eigenvalue weighted by Crippen LogP contribution is -2.24. The topological polar surface area (TPSA) is 92.5 Å². The molecule has 2 N–H and O–H groups in total. The summed E-state index contributed by atoms with van der Waals surface area (Å²) in [5, 5.41) is 23.4. The van der Waals surface area contributed by atoms with E-state index in [1.807, 2.05) is 23.5 Å². The van der Waals surface area contributed by atoms with Gasteiger partial charge in [0, 0.05) is 35.1 Å². The quantitative estimate of drug-likeness (QED) is 0.637. The molecule has 1 aliphatic rings. The van der Waals surface area contributed by atoms with Gasteiger partial charge in [-0.25, -0.2) is 4.79 Å². The zero-order valence-electron chi connectivity index (χ0n) is 10.6. The lowest BCUT2D eigenvalue weighted by atomic mass is 10.1. The van der Waals surface area contributed by atoms with E-state index in [0.717, 1.165) is 17.3 Å². The van der Waals surface area contributed by atoms with Gasteiger partial charge in [-0.1, -0.05) is 6.07 Å². The molecule has 0 aromatic heterocycles. The van der Waals surface area contributed by atoms with Crippen LogP contribution >= 0.6 is 23.5 Å². The number of carboxylic acid groups (broad SMARTS) is 1. The molecule has 1 saturated heterocycles. The Morgan fingerprint density at radius 3 is 2.90 bits per heavy atom. The van der Waals surface area contributed by atoms with Gasteiger partial charge in [-0.05, 0) is 6.07 Å². The highest BCUT2D eigenvalue weighted by atomic mass is 32.2. The molecule has 1 unspecified atom stereocenters. The number of carbonyl (C=O) groups is 1. The Morgan fingerprint density at radius 1 is 1.50 bits per heavy atom. The number of anilines is 1.